The monoisotopic (exact) mass is 374 g/mol. The highest BCUT2D eigenvalue weighted by Crippen LogP contribution is 2.29. The highest BCUT2D eigenvalue weighted by atomic mass is 35.5. The van der Waals surface area contributed by atoms with Crippen LogP contribution in [0.3, 0.4) is 0 Å². The first-order valence-electron chi connectivity index (χ1n) is 8.81. The quantitative estimate of drug-likeness (QED) is 0.812. The van der Waals surface area contributed by atoms with E-state index in [0.29, 0.717) is 36.5 Å². The van der Waals surface area contributed by atoms with Crippen molar-refractivity contribution < 1.29 is 14.0 Å². The Bertz CT molecular complexity index is 767. The molecule has 0 N–H and O–H groups in total. The summed E-state index contributed by atoms with van der Waals surface area (Å²) in [6, 6.07) is 9.16. The lowest BCUT2D eigenvalue weighted by molar-refractivity contribution is -0.137. The number of furan rings is 1. The topological polar surface area (TPSA) is 53.8 Å². The molecule has 0 radical (unpaired) electrons. The molecule has 5 nitrogen and oxygen atoms in total. The molecule has 1 aliphatic rings. The number of carbonyl (C=O) groups is 2. The van der Waals surface area contributed by atoms with Gasteiger partial charge in [0.05, 0.1) is 17.9 Å². The highest BCUT2D eigenvalue weighted by molar-refractivity contribution is 6.31. The SMILES string of the molecule is CC(c1ccccc1Cl)N(C)C(=O)C1CCN(C(=O)c2ccoc2)CC1. The van der Waals surface area contributed by atoms with Gasteiger partial charge in [-0.25, -0.2) is 0 Å². The minimum absolute atomic E-state index is 0.0394. The lowest BCUT2D eigenvalue weighted by atomic mass is 9.94. The van der Waals surface area contributed by atoms with Crippen LogP contribution in [0.5, 0.6) is 0 Å². The summed E-state index contributed by atoms with van der Waals surface area (Å²) in [5, 5.41) is 0.667. The first kappa shape index (κ1) is 18.5. The van der Waals surface area contributed by atoms with Gasteiger partial charge in [0, 0.05) is 31.1 Å². The summed E-state index contributed by atoms with van der Waals surface area (Å²) < 4.78 is 4.98. The van der Waals surface area contributed by atoms with Gasteiger partial charge in [0.25, 0.3) is 5.91 Å². The molecule has 1 atom stereocenters. The Balaban J connectivity index is 1.59. The number of amides is 2. The molecule has 6 heteroatoms. The fraction of sp³-hybridized carbons (Fsp3) is 0.400. The van der Waals surface area contributed by atoms with E-state index in [1.807, 2.05) is 38.2 Å². The van der Waals surface area contributed by atoms with Crippen LogP contribution >= 0.6 is 11.6 Å². The highest BCUT2D eigenvalue weighted by Gasteiger charge is 2.31. The summed E-state index contributed by atoms with van der Waals surface area (Å²) >= 11 is 6.27. The number of halogens is 1. The number of hydrogen-bond donors (Lipinski definition) is 0. The van der Waals surface area contributed by atoms with Crippen LogP contribution in [0.1, 0.15) is 41.7 Å². The third-order valence-electron chi connectivity index (χ3n) is 5.18. The van der Waals surface area contributed by atoms with Crippen LogP contribution in [0, 0.1) is 5.92 Å². The smallest absolute Gasteiger partial charge is 0.257 e. The van der Waals surface area contributed by atoms with E-state index < -0.39 is 0 Å². The summed E-state index contributed by atoms with van der Waals surface area (Å²) in [4.78, 5) is 28.8. The second-order valence-corrected chi connectivity index (χ2v) is 7.13. The van der Waals surface area contributed by atoms with Crippen LogP contribution in [-0.2, 0) is 4.79 Å². The standard InChI is InChI=1S/C20H23ClN2O3/c1-14(17-5-3-4-6-18(17)21)22(2)19(24)15-7-10-23(11-8-15)20(25)16-9-12-26-13-16/h3-6,9,12-15H,7-8,10-11H2,1-2H3. The van der Waals surface area contributed by atoms with Crippen LogP contribution in [0.15, 0.2) is 47.3 Å². The summed E-state index contributed by atoms with van der Waals surface area (Å²) in [7, 11) is 1.82. The molecule has 0 saturated carbocycles. The largest absolute Gasteiger partial charge is 0.472 e. The molecule has 1 unspecified atom stereocenters. The van der Waals surface area contributed by atoms with E-state index in [1.165, 1.54) is 12.5 Å². The minimum Gasteiger partial charge on any atom is -0.472 e. The van der Waals surface area contributed by atoms with Gasteiger partial charge in [-0.05, 0) is 37.5 Å². The average molecular weight is 375 g/mol. The molecule has 0 aliphatic carbocycles. The van der Waals surface area contributed by atoms with Gasteiger partial charge in [0.15, 0.2) is 0 Å². The van der Waals surface area contributed by atoms with Crippen molar-refractivity contribution in [2.75, 3.05) is 20.1 Å². The van der Waals surface area contributed by atoms with Crippen molar-refractivity contribution in [3.05, 3.63) is 59.0 Å². The summed E-state index contributed by atoms with van der Waals surface area (Å²) in [6.45, 7) is 3.14. The van der Waals surface area contributed by atoms with Gasteiger partial charge in [-0.15, -0.1) is 0 Å². The Labute approximate surface area is 158 Å². The Morgan fingerprint density at radius 2 is 1.92 bits per heavy atom. The van der Waals surface area contributed by atoms with Crippen LogP contribution in [-0.4, -0.2) is 41.8 Å². The molecule has 138 valence electrons. The first-order valence-corrected chi connectivity index (χ1v) is 9.19. The maximum absolute atomic E-state index is 12.9. The van der Waals surface area contributed by atoms with Crippen LogP contribution in [0.2, 0.25) is 5.02 Å². The molecular weight excluding hydrogens is 352 g/mol. The van der Waals surface area contributed by atoms with E-state index >= 15 is 0 Å². The average Bonchev–Trinajstić information content (AvgIpc) is 3.21. The molecule has 3 rings (SSSR count). The van der Waals surface area contributed by atoms with Crippen molar-refractivity contribution in [2.24, 2.45) is 5.92 Å². The van der Waals surface area contributed by atoms with Gasteiger partial charge in [0.2, 0.25) is 5.91 Å². The van der Waals surface area contributed by atoms with Crippen molar-refractivity contribution in [3.63, 3.8) is 0 Å². The number of benzene rings is 1. The third kappa shape index (κ3) is 3.78. The third-order valence-corrected chi connectivity index (χ3v) is 5.53. The second kappa shape index (κ2) is 7.96. The lowest BCUT2D eigenvalue weighted by Crippen LogP contribution is -2.44. The van der Waals surface area contributed by atoms with Crippen molar-refractivity contribution in [3.8, 4) is 0 Å². The summed E-state index contributed by atoms with van der Waals surface area (Å²) in [5.74, 6) is -0.00592. The predicted molar refractivity (Wildman–Crippen MR) is 100.0 cm³/mol. The molecule has 2 amide bonds. The number of nitrogens with zero attached hydrogens (tertiary/aromatic N) is 2. The molecule has 2 aromatic rings. The van der Waals surface area contributed by atoms with E-state index in [0.717, 1.165) is 5.56 Å². The van der Waals surface area contributed by atoms with E-state index in [2.05, 4.69) is 0 Å². The summed E-state index contributed by atoms with van der Waals surface area (Å²) in [6.07, 6.45) is 4.29. The molecule has 2 heterocycles. The predicted octanol–water partition coefficient (Wildman–Crippen LogP) is 4.00. The van der Waals surface area contributed by atoms with Gasteiger partial charge in [-0.1, -0.05) is 29.8 Å². The molecule has 1 aromatic heterocycles. The number of hydrogen-bond acceptors (Lipinski definition) is 3. The molecular formula is C20H23ClN2O3. The number of piperidine rings is 1. The minimum atomic E-state index is -0.0956. The maximum Gasteiger partial charge on any atom is 0.257 e. The molecule has 26 heavy (non-hydrogen) atoms. The van der Waals surface area contributed by atoms with Crippen molar-refractivity contribution >= 4 is 23.4 Å². The van der Waals surface area contributed by atoms with Crippen molar-refractivity contribution in [2.45, 2.75) is 25.8 Å². The zero-order valence-corrected chi connectivity index (χ0v) is 15.8. The molecule has 0 bridgehead atoms. The van der Waals surface area contributed by atoms with Gasteiger partial charge >= 0.3 is 0 Å². The zero-order chi connectivity index (χ0) is 18.7. The molecule has 1 aromatic carbocycles. The molecule has 0 spiro atoms. The van der Waals surface area contributed by atoms with Crippen LogP contribution in [0.4, 0.5) is 0 Å². The Hall–Kier alpha value is -2.27. The second-order valence-electron chi connectivity index (χ2n) is 6.73. The van der Waals surface area contributed by atoms with E-state index in [-0.39, 0.29) is 23.8 Å². The fourth-order valence-corrected chi connectivity index (χ4v) is 3.69. The molecule has 1 saturated heterocycles. The lowest BCUT2D eigenvalue weighted by Gasteiger charge is -2.35. The van der Waals surface area contributed by atoms with Crippen LogP contribution < -0.4 is 0 Å². The Morgan fingerprint density at radius 3 is 2.54 bits per heavy atom. The first-order chi connectivity index (χ1) is 12.5. The molecule has 1 aliphatic heterocycles. The van der Waals surface area contributed by atoms with Crippen molar-refractivity contribution in [1.82, 2.24) is 9.80 Å². The van der Waals surface area contributed by atoms with Gasteiger partial charge in [0.1, 0.15) is 6.26 Å². The summed E-state index contributed by atoms with van der Waals surface area (Å²) in [5.41, 5.74) is 1.50. The number of rotatable bonds is 4. The number of carbonyl (C=O) groups excluding carboxylic acids is 2. The van der Waals surface area contributed by atoms with E-state index in [1.54, 1.807) is 15.9 Å². The Kier molecular flexibility index (Phi) is 5.67. The normalized spacial score (nSPS) is 16.3. The van der Waals surface area contributed by atoms with Gasteiger partial charge in [-0.2, -0.15) is 0 Å². The van der Waals surface area contributed by atoms with Gasteiger partial charge in [-0.3, -0.25) is 9.59 Å². The van der Waals surface area contributed by atoms with E-state index in [9.17, 15) is 9.59 Å². The number of likely N-dealkylation sites (tertiary alicyclic amines) is 1. The zero-order valence-electron chi connectivity index (χ0n) is 15.0. The van der Waals surface area contributed by atoms with Crippen LogP contribution in [0.25, 0.3) is 0 Å². The fourth-order valence-electron chi connectivity index (χ4n) is 3.40. The molecule has 1 fully saturated rings. The maximum atomic E-state index is 12.9. The Morgan fingerprint density at radius 1 is 1.23 bits per heavy atom. The van der Waals surface area contributed by atoms with Gasteiger partial charge < -0.3 is 14.2 Å². The van der Waals surface area contributed by atoms with E-state index in [4.69, 9.17) is 16.0 Å². The van der Waals surface area contributed by atoms with Crippen molar-refractivity contribution in [1.29, 1.82) is 0 Å².